The van der Waals surface area contributed by atoms with Crippen LogP contribution in [0.2, 0.25) is 0 Å². The summed E-state index contributed by atoms with van der Waals surface area (Å²) in [5.41, 5.74) is 8.33. The molecule has 2 N–H and O–H groups in total. The monoisotopic (exact) mass is 395 g/mol. The van der Waals surface area contributed by atoms with E-state index in [-0.39, 0.29) is 0 Å². The number of hydrogen-bond donors (Lipinski definition) is 1. The maximum atomic E-state index is 7.55. The van der Waals surface area contributed by atoms with Crippen LogP contribution >= 0.6 is 7.41 Å². The van der Waals surface area contributed by atoms with E-state index < -0.39 is 7.41 Å². The van der Waals surface area contributed by atoms with Gasteiger partial charge in [-0.05, 0) is 0 Å². The summed E-state index contributed by atoms with van der Waals surface area (Å²) in [6.07, 6.45) is 15.9. The number of nitrogens with two attached hydrogens (primary N) is 1. The van der Waals surface area contributed by atoms with Crippen molar-refractivity contribution in [1.29, 1.82) is 0 Å². The fourth-order valence-corrected chi connectivity index (χ4v) is 13.3. The average Bonchev–Trinajstić information content (AvgIpc) is 2.58. The van der Waals surface area contributed by atoms with Crippen molar-refractivity contribution >= 4 is 7.41 Å². The summed E-state index contributed by atoms with van der Waals surface area (Å²) in [6, 6.07) is 0. The summed E-state index contributed by atoms with van der Waals surface area (Å²) < 4.78 is 0. The zero-order chi connectivity index (χ0) is 19.8. The van der Waals surface area contributed by atoms with Gasteiger partial charge in [0.05, 0.1) is 0 Å². The van der Waals surface area contributed by atoms with Gasteiger partial charge in [0.15, 0.2) is 0 Å². The molecule has 3 rings (SSSR count). The third-order valence-electron chi connectivity index (χ3n) is 9.61. The van der Waals surface area contributed by atoms with Crippen molar-refractivity contribution in [2.24, 2.45) is 41.0 Å². The Bertz CT molecular complexity index is 473. The van der Waals surface area contributed by atoms with E-state index in [1.54, 1.807) is 0 Å². The Morgan fingerprint density at radius 1 is 0.889 bits per heavy atom. The summed E-state index contributed by atoms with van der Waals surface area (Å²) in [5.74, 6) is 5.77. The Hall–Kier alpha value is 0.390. The van der Waals surface area contributed by atoms with Gasteiger partial charge < -0.3 is 0 Å². The van der Waals surface area contributed by atoms with Crippen molar-refractivity contribution in [1.82, 2.24) is 0 Å². The van der Waals surface area contributed by atoms with Gasteiger partial charge in [0.2, 0.25) is 0 Å². The quantitative estimate of drug-likeness (QED) is 0.464. The molecular weight excluding hydrogens is 345 g/mol. The first kappa shape index (κ1) is 22.1. The summed E-state index contributed by atoms with van der Waals surface area (Å²) in [7, 11) is -1.78. The van der Waals surface area contributed by atoms with Crippen molar-refractivity contribution in [2.75, 3.05) is 6.16 Å². The number of rotatable bonds is 6. The first-order valence-corrected chi connectivity index (χ1v) is 14.8. The molecule has 0 amide bonds. The van der Waals surface area contributed by atoms with E-state index >= 15 is 0 Å². The first-order chi connectivity index (χ1) is 12.7. The van der Waals surface area contributed by atoms with Crippen LogP contribution < -0.4 is 5.50 Å². The summed E-state index contributed by atoms with van der Waals surface area (Å²) in [5, 5.41) is 0.485. The Kier molecular flexibility index (Phi) is 7.06. The predicted molar refractivity (Wildman–Crippen MR) is 125 cm³/mol. The van der Waals surface area contributed by atoms with E-state index in [9.17, 15) is 0 Å². The topological polar surface area (TPSA) is 26.0 Å². The number of hydrogen-bond acceptors (Lipinski definition) is 1. The second-order valence-electron chi connectivity index (χ2n) is 12.0. The molecule has 3 aliphatic rings. The van der Waals surface area contributed by atoms with Gasteiger partial charge in [0, 0.05) is 0 Å². The maximum absolute atomic E-state index is 7.55. The zero-order valence-electron chi connectivity index (χ0n) is 19.4. The van der Waals surface area contributed by atoms with Crippen LogP contribution in [0.4, 0.5) is 0 Å². The minimum absolute atomic E-state index is 0.485. The van der Waals surface area contributed by atoms with Gasteiger partial charge in [0.25, 0.3) is 0 Å². The molecule has 3 fully saturated rings. The van der Waals surface area contributed by atoms with Crippen molar-refractivity contribution in [3.8, 4) is 0 Å². The third kappa shape index (κ3) is 4.60. The van der Waals surface area contributed by atoms with Crippen molar-refractivity contribution in [2.45, 2.75) is 117 Å². The van der Waals surface area contributed by atoms with Gasteiger partial charge >= 0.3 is 171 Å². The molecule has 2 heteroatoms. The molecule has 0 aromatic carbocycles. The second-order valence-corrected chi connectivity index (χ2v) is 17.0. The zero-order valence-corrected chi connectivity index (χ0v) is 20.4. The van der Waals surface area contributed by atoms with Crippen molar-refractivity contribution < 1.29 is 0 Å². The van der Waals surface area contributed by atoms with E-state index in [2.05, 4.69) is 41.5 Å². The Morgan fingerprint density at radius 2 is 1.44 bits per heavy atom. The van der Waals surface area contributed by atoms with Crippen molar-refractivity contribution in [3.63, 3.8) is 0 Å². The standard InChI is InChI=1S/C25H50NP/c1-7-21-9-18(3)10-22(14-21)13-20(5)27(26,8-2)25(6)16-23-11-19(4)12-24(15-23)17-25/h18-24,27H,7-17,26H2,1-6H3. The van der Waals surface area contributed by atoms with Crippen molar-refractivity contribution in [3.05, 3.63) is 0 Å². The molecule has 1 nitrogen and oxygen atoms in total. The van der Waals surface area contributed by atoms with Crippen LogP contribution in [0.5, 0.6) is 0 Å². The molecule has 0 aliphatic heterocycles. The second kappa shape index (κ2) is 8.63. The molecule has 0 aromatic rings. The molecule has 0 spiro atoms. The van der Waals surface area contributed by atoms with Crippen LogP contribution in [0.1, 0.15) is 106 Å². The van der Waals surface area contributed by atoms with E-state index in [0.717, 1.165) is 41.2 Å². The molecule has 0 aromatic heterocycles. The minimum atomic E-state index is -1.78. The van der Waals surface area contributed by atoms with Crippen LogP contribution in [0, 0.1) is 35.5 Å². The summed E-state index contributed by atoms with van der Waals surface area (Å²) >= 11 is 0. The molecule has 160 valence electrons. The summed E-state index contributed by atoms with van der Waals surface area (Å²) in [4.78, 5) is 0. The van der Waals surface area contributed by atoms with Gasteiger partial charge in [-0.2, -0.15) is 0 Å². The van der Waals surface area contributed by atoms with Gasteiger partial charge in [0.1, 0.15) is 0 Å². The Morgan fingerprint density at radius 3 is 2.00 bits per heavy atom. The van der Waals surface area contributed by atoms with E-state index in [1.165, 1.54) is 70.4 Å². The van der Waals surface area contributed by atoms with Crippen LogP contribution in [0.25, 0.3) is 0 Å². The van der Waals surface area contributed by atoms with Crippen LogP contribution in [-0.2, 0) is 0 Å². The fraction of sp³-hybridized carbons (Fsp3) is 1.00. The van der Waals surface area contributed by atoms with Crippen LogP contribution in [0.3, 0.4) is 0 Å². The SMILES string of the molecule is CCC1CC(C)CC(CC(C)[PH](N)(CC)C2(C)CC3CC(C)CC(C3)C2)C1. The normalized spacial score (nSPS) is 44.7. The molecule has 6 unspecified atom stereocenters. The molecule has 0 radical (unpaired) electrons. The Labute approximate surface area is 171 Å². The molecular formula is C25H50NP. The summed E-state index contributed by atoms with van der Waals surface area (Å²) in [6.45, 7) is 15.1. The van der Waals surface area contributed by atoms with Crippen LogP contribution in [-0.4, -0.2) is 17.0 Å². The Balaban J connectivity index is 1.71. The average molecular weight is 396 g/mol. The third-order valence-corrected chi connectivity index (χ3v) is 15.4. The predicted octanol–water partition coefficient (Wildman–Crippen LogP) is 7.48. The molecule has 2 bridgehead atoms. The molecule has 3 saturated carbocycles. The van der Waals surface area contributed by atoms with E-state index in [1.807, 2.05) is 0 Å². The van der Waals surface area contributed by atoms with Gasteiger partial charge in [-0.3, -0.25) is 0 Å². The van der Waals surface area contributed by atoms with Gasteiger partial charge in [-0.25, -0.2) is 0 Å². The molecule has 27 heavy (non-hydrogen) atoms. The fourth-order valence-electron chi connectivity index (χ4n) is 8.47. The van der Waals surface area contributed by atoms with E-state index in [0.29, 0.717) is 5.16 Å². The van der Waals surface area contributed by atoms with Gasteiger partial charge in [-0.1, -0.05) is 0 Å². The number of fused-ring (bicyclic) bond motifs is 2. The first-order valence-electron chi connectivity index (χ1n) is 12.5. The molecule has 0 saturated heterocycles. The molecule has 6 atom stereocenters. The molecule has 3 aliphatic carbocycles. The van der Waals surface area contributed by atoms with E-state index in [4.69, 9.17) is 5.50 Å². The molecule has 0 heterocycles. The van der Waals surface area contributed by atoms with Crippen LogP contribution in [0.15, 0.2) is 0 Å². The van der Waals surface area contributed by atoms with Gasteiger partial charge in [-0.15, -0.1) is 0 Å².